The molecule has 17 heavy (non-hydrogen) atoms. The largest absolute Gasteiger partial charge is 0.480 e. The summed E-state index contributed by atoms with van der Waals surface area (Å²) in [5.74, 6) is -0.689. The summed E-state index contributed by atoms with van der Waals surface area (Å²) in [4.78, 5) is 26.2. The van der Waals surface area contributed by atoms with Crippen LogP contribution in [0.3, 0.4) is 0 Å². The molecule has 0 bridgehead atoms. The maximum Gasteiger partial charge on any atom is 0.320 e. The Labute approximate surface area is 101 Å². The highest BCUT2D eigenvalue weighted by molar-refractivity contribution is 5.76. The first kappa shape index (κ1) is 13.9. The molecule has 1 atom stereocenters. The van der Waals surface area contributed by atoms with Gasteiger partial charge in [-0.3, -0.25) is 14.5 Å². The molecule has 0 saturated carbocycles. The summed E-state index contributed by atoms with van der Waals surface area (Å²) in [5, 5.41) is 8.89. The zero-order valence-electron chi connectivity index (χ0n) is 10.3. The third kappa shape index (κ3) is 3.98. The van der Waals surface area contributed by atoms with Gasteiger partial charge in [0.1, 0.15) is 6.04 Å². The molecule has 6 nitrogen and oxygen atoms in total. The topological polar surface area (TPSA) is 86.9 Å². The summed E-state index contributed by atoms with van der Waals surface area (Å²) in [6.45, 7) is 4.68. The van der Waals surface area contributed by atoms with Crippen molar-refractivity contribution in [2.75, 3.05) is 32.7 Å². The maximum atomic E-state index is 11.7. The van der Waals surface area contributed by atoms with Crippen LogP contribution in [0.1, 0.15) is 19.8 Å². The van der Waals surface area contributed by atoms with E-state index in [0.29, 0.717) is 45.6 Å². The SMILES string of the molecule is CC(C(=O)O)N1CCN(C(=O)CCCN)CC1. The van der Waals surface area contributed by atoms with E-state index in [-0.39, 0.29) is 5.91 Å². The lowest BCUT2D eigenvalue weighted by atomic mass is 10.2. The fourth-order valence-corrected chi connectivity index (χ4v) is 1.93. The number of carboxylic acids is 1. The van der Waals surface area contributed by atoms with Crippen molar-refractivity contribution in [1.29, 1.82) is 0 Å². The smallest absolute Gasteiger partial charge is 0.320 e. The summed E-state index contributed by atoms with van der Waals surface area (Å²) in [7, 11) is 0. The lowest BCUT2D eigenvalue weighted by Gasteiger charge is -2.36. The normalized spacial score (nSPS) is 19.1. The molecule has 0 aromatic heterocycles. The molecule has 0 radical (unpaired) electrons. The van der Waals surface area contributed by atoms with Gasteiger partial charge in [0.05, 0.1) is 0 Å². The number of hydrogen-bond acceptors (Lipinski definition) is 4. The van der Waals surface area contributed by atoms with Gasteiger partial charge in [0, 0.05) is 32.6 Å². The number of nitrogens with two attached hydrogens (primary N) is 1. The highest BCUT2D eigenvalue weighted by Crippen LogP contribution is 2.08. The zero-order valence-corrected chi connectivity index (χ0v) is 10.3. The predicted molar refractivity (Wildman–Crippen MR) is 63.5 cm³/mol. The number of nitrogens with zero attached hydrogens (tertiary/aromatic N) is 2. The van der Waals surface area contributed by atoms with Crippen molar-refractivity contribution in [2.24, 2.45) is 5.73 Å². The predicted octanol–water partition coefficient (Wildman–Crippen LogP) is -0.657. The van der Waals surface area contributed by atoms with E-state index in [9.17, 15) is 9.59 Å². The minimum atomic E-state index is -0.812. The van der Waals surface area contributed by atoms with E-state index in [1.807, 2.05) is 4.90 Å². The quantitative estimate of drug-likeness (QED) is 0.669. The van der Waals surface area contributed by atoms with E-state index in [4.69, 9.17) is 10.8 Å². The summed E-state index contributed by atoms with van der Waals surface area (Å²) in [6.07, 6.45) is 1.20. The Morgan fingerprint density at radius 1 is 1.29 bits per heavy atom. The first-order valence-electron chi connectivity index (χ1n) is 6.01. The highest BCUT2D eigenvalue weighted by Gasteiger charge is 2.26. The van der Waals surface area contributed by atoms with Crippen molar-refractivity contribution < 1.29 is 14.7 Å². The molecular weight excluding hydrogens is 222 g/mol. The second kappa shape index (κ2) is 6.56. The van der Waals surface area contributed by atoms with Crippen molar-refractivity contribution in [1.82, 2.24) is 9.80 Å². The molecule has 1 aliphatic rings. The molecule has 1 rings (SSSR count). The fraction of sp³-hybridized carbons (Fsp3) is 0.818. The number of rotatable bonds is 5. The van der Waals surface area contributed by atoms with E-state index >= 15 is 0 Å². The molecule has 3 N–H and O–H groups in total. The Bertz CT molecular complexity index is 275. The van der Waals surface area contributed by atoms with Crippen LogP contribution in [0, 0.1) is 0 Å². The highest BCUT2D eigenvalue weighted by atomic mass is 16.4. The molecule has 1 unspecified atom stereocenters. The number of carbonyl (C=O) groups is 2. The molecule has 98 valence electrons. The van der Waals surface area contributed by atoms with E-state index < -0.39 is 12.0 Å². The molecule has 0 aromatic rings. The zero-order chi connectivity index (χ0) is 12.8. The minimum Gasteiger partial charge on any atom is -0.480 e. The van der Waals surface area contributed by atoms with Crippen molar-refractivity contribution >= 4 is 11.9 Å². The van der Waals surface area contributed by atoms with Gasteiger partial charge < -0.3 is 15.7 Å². The molecule has 0 aliphatic carbocycles. The number of amides is 1. The van der Waals surface area contributed by atoms with Crippen molar-refractivity contribution in [3.05, 3.63) is 0 Å². The molecule has 1 saturated heterocycles. The summed E-state index contributed by atoms with van der Waals surface area (Å²) in [5.41, 5.74) is 5.36. The number of carbonyl (C=O) groups excluding carboxylic acids is 1. The van der Waals surface area contributed by atoms with Gasteiger partial charge in [-0.1, -0.05) is 0 Å². The van der Waals surface area contributed by atoms with Crippen molar-refractivity contribution in [3.8, 4) is 0 Å². The van der Waals surface area contributed by atoms with Crippen LogP contribution in [0.5, 0.6) is 0 Å². The first-order chi connectivity index (χ1) is 8.06. The van der Waals surface area contributed by atoms with Crippen LogP contribution < -0.4 is 5.73 Å². The Hall–Kier alpha value is -1.14. The number of piperazine rings is 1. The lowest BCUT2D eigenvalue weighted by molar-refractivity contribution is -0.144. The Morgan fingerprint density at radius 2 is 1.88 bits per heavy atom. The Kier molecular flexibility index (Phi) is 5.37. The van der Waals surface area contributed by atoms with Gasteiger partial charge in [0.25, 0.3) is 0 Å². The van der Waals surface area contributed by atoms with Gasteiger partial charge in [0.2, 0.25) is 5.91 Å². The van der Waals surface area contributed by atoms with Gasteiger partial charge >= 0.3 is 5.97 Å². The van der Waals surface area contributed by atoms with E-state index in [1.165, 1.54) is 0 Å². The molecule has 0 spiro atoms. The number of carboxylic acid groups (broad SMARTS) is 1. The molecular formula is C11H21N3O3. The first-order valence-corrected chi connectivity index (χ1v) is 6.01. The second-order valence-electron chi connectivity index (χ2n) is 4.32. The minimum absolute atomic E-state index is 0.123. The van der Waals surface area contributed by atoms with E-state index in [0.717, 1.165) is 0 Å². The van der Waals surface area contributed by atoms with Gasteiger partial charge in [-0.05, 0) is 19.9 Å². The maximum absolute atomic E-state index is 11.7. The van der Waals surface area contributed by atoms with Gasteiger partial charge in [-0.15, -0.1) is 0 Å². The Morgan fingerprint density at radius 3 is 2.35 bits per heavy atom. The van der Waals surface area contributed by atoms with Crippen LogP contribution in [-0.4, -0.2) is 65.5 Å². The Balaban J connectivity index is 2.35. The molecule has 1 aliphatic heterocycles. The third-order valence-corrected chi connectivity index (χ3v) is 3.17. The summed E-state index contributed by atoms with van der Waals surface area (Å²) >= 11 is 0. The monoisotopic (exact) mass is 243 g/mol. The van der Waals surface area contributed by atoms with Crippen molar-refractivity contribution in [3.63, 3.8) is 0 Å². The van der Waals surface area contributed by atoms with Crippen LogP contribution in [0.2, 0.25) is 0 Å². The van der Waals surface area contributed by atoms with E-state index in [1.54, 1.807) is 11.8 Å². The molecule has 1 fully saturated rings. The molecule has 1 heterocycles. The summed E-state index contributed by atoms with van der Waals surface area (Å²) < 4.78 is 0. The van der Waals surface area contributed by atoms with Gasteiger partial charge in [-0.2, -0.15) is 0 Å². The molecule has 1 amide bonds. The van der Waals surface area contributed by atoms with Crippen LogP contribution in [0.15, 0.2) is 0 Å². The van der Waals surface area contributed by atoms with Crippen LogP contribution >= 0.6 is 0 Å². The fourth-order valence-electron chi connectivity index (χ4n) is 1.93. The third-order valence-electron chi connectivity index (χ3n) is 3.17. The van der Waals surface area contributed by atoms with E-state index in [2.05, 4.69) is 0 Å². The number of aliphatic carboxylic acids is 1. The number of hydrogen-bond donors (Lipinski definition) is 2. The van der Waals surface area contributed by atoms with Crippen LogP contribution in [-0.2, 0) is 9.59 Å². The molecule has 6 heteroatoms. The standard InChI is InChI=1S/C11H21N3O3/c1-9(11(16)17)13-5-7-14(8-6-13)10(15)3-2-4-12/h9H,2-8,12H2,1H3,(H,16,17). The van der Waals surface area contributed by atoms with Crippen LogP contribution in [0.4, 0.5) is 0 Å². The lowest BCUT2D eigenvalue weighted by Crippen LogP contribution is -2.53. The summed E-state index contributed by atoms with van der Waals surface area (Å²) in [6, 6.07) is -0.476. The van der Waals surface area contributed by atoms with Crippen molar-refractivity contribution in [2.45, 2.75) is 25.8 Å². The second-order valence-corrected chi connectivity index (χ2v) is 4.32. The van der Waals surface area contributed by atoms with Crippen LogP contribution in [0.25, 0.3) is 0 Å². The van der Waals surface area contributed by atoms with Gasteiger partial charge in [0.15, 0.2) is 0 Å². The molecule has 0 aromatic carbocycles. The average molecular weight is 243 g/mol. The van der Waals surface area contributed by atoms with Gasteiger partial charge in [-0.25, -0.2) is 0 Å². The average Bonchev–Trinajstić information content (AvgIpc) is 2.35.